The summed E-state index contributed by atoms with van der Waals surface area (Å²) in [4.78, 5) is 4.74. The molecule has 0 radical (unpaired) electrons. The summed E-state index contributed by atoms with van der Waals surface area (Å²) < 4.78 is 5.43. The molecule has 0 bridgehead atoms. The highest BCUT2D eigenvalue weighted by Crippen LogP contribution is 2.24. The van der Waals surface area contributed by atoms with Crippen molar-refractivity contribution >= 4 is 5.69 Å². The van der Waals surface area contributed by atoms with Gasteiger partial charge in [0, 0.05) is 32.2 Å². The van der Waals surface area contributed by atoms with Gasteiger partial charge in [0.15, 0.2) is 0 Å². The Bertz CT molecular complexity index is 569. The van der Waals surface area contributed by atoms with Crippen molar-refractivity contribution in [2.45, 2.75) is 19.9 Å². The maximum absolute atomic E-state index is 5.43. The third kappa shape index (κ3) is 3.61. The summed E-state index contributed by atoms with van der Waals surface area (Å²) in [7, 11) is 2.12. The minimum absolute atomic E-state index is 0.634. The molecule has 0 aliphatic carbocycles. The molecular formula is C16H22N4O. The second-order valence-corrected chi connectivity index (χ2v) is 5.85. The standard InChI is InChI=1S/C16H22N4O/c1-13-17-18-16(21-13)12-19(2)10-14-8-9-20(11-14)15-6-4-3-5-7-15/h3-7,14H,8-12H2,1-2H3/t14-/m1/s1. The van der Waals surface area contributed by atoms with Crippen molar-refractivity contribution in [3.63, 3.8) is 0 Å². The quantitative estimate of drug-likeness (QED) is 0.844. The number of benzene rings is 1. The average Bonchev–Trinajstić information content (AvgIpc) is 3.09. The van der Waals surface area contributed by atoms with E-state index < -0.39 is 0 Å². The summed E-state index contributed by atoms with van der Waals surface area (Å²) in [6.45, 7) is 5.87. The molecule has 1 aromatic carbocycles. The summed E-state index contributed by atoms with van der Waals surface area (Å²) in [5.74, 6) is 2.03. The third-order valence-electron chi connectivity index (χ3n) is 3.95. The third-order valence-corrected chi connectivity index (χ3v) is 3.95. The summed E-state index contributed by atoms with van der Waals surface area (Å²) in [6, 6.07) is 10.7. The topological polar surface area (TPSA) is 45.4 Å². The van der Waals surface area contributed by atoms with Crippen LogP contribution < -0.4 is 4.90 Å². The predicted molar refractivity (Wildman–Crippen MR) is 82.1 cm³/mol. The van der Waals surface area contributed by atoms with Gasteiger partial charge in [-0.1, -0.05) is 18.2 Å². The Hall–Kier alpha value is -1.88. The second-order valence-electron chi connectivity index (χ2n) is 5.85. The van der Waals surface area contributed by atoms with E-state index in [0.29, 0.717) is 17.7 Å². The fourth-order valence-electron chi connectivity index (χ4n) is 2.99. The molecule has 112 valence electrons. The van der Waals surface area contributed by atoms with E-state index in [0.717, 1.165) is 26.2 Å². The first-order valence-electron chi connectivity index (χ1n) is 7.48. The van der Waals surface area contributed by atoms with Crippen molar-refractivity contribution in [1.82, 2.24) is 15.1 Å². The van der Waals surface area contributed by atoms with Gasteiger partial charge in [-0.25, -0.2) is 0 Å². The minimum atomic E-state index is 0.634. The Morgan fingerprint density at radius 3 is 2.81 bits per heavy atom. The highest BCUT2D eigenvalue weighted by molar-refractivity contribution is 5.46. The molecule has 1 atom stereocenters. The number of aromatic nitrogens is 2. The molecular weight excluding hydrogens is 264 g/mol. The molecule has 1 fully saturated rings. The monoisotopic (exact) mass is 286 g/mol. The Morgan fingerprint density at radius 1 is 1.29 bits per heavy atom. The van der Waals surface area contributed by atoms with E-state index in [2.05, 4.69) is 57.4 Å². The smallest absolute Gasteiger partial charge is 0.230 e. The van der Waals surface area contributed by atoms with Crippen LogP contribution in [0.5, 0.6) is 0 Å². The zero-order valence-corrected chi connectivity index (χ0v) is 12.7. The fourth-order valence-corrected chi connectivity index (χ4v) is 2.99. The van der Waals surface area contributed by atoms with Gasteiger partial charge < -0.3 is 9.32 Å². The molecule has 5 heteroatoms. The molecule has 0 spiro atoms. The summed E-state index contributed by atoms with van der Waals surface area (Å²) in [6.07, 6.45) is 1.24. The number of aryl methyl sites for hydroxylation is 1. The van der Waals surface area contributed by atoms with E-state index in [1.54, 1.807) is 0 Å². The van der Waals surface area contributed by atoms with Crippen LogP contribution in [0.1, 0.15) is 18.2 Å². The molecule has 3 rings (SSSR count). The Balaban J connectivity index is 1.50. The normalized spacial score (nSPS) is 18.6. The van der Waals surface area contributed by atoms with Gasteiger partial charge in [-0.15, -0.1) is 10.2 Å². The maximum atomic E-state index is 5.43. The van der Waals surface area contributed by atoms with Crippen molar-refractivity contribution in [3.05, 3.63) is 42.1 Å². The molecule has 1 aliphatic heterocycles. The highest BCUT2D eigenvalue weighted by atomic mass is 16.4. The van der Waals surface area contributed by atoms with Crippen molar-refractivity contribution in [2.75, 3.05) is 31.6 Å². The Morgan fingerprint density at radius 2 is 2.10 bits per heavy atom. The lowest BCUT2D eigenvalue weighted by Crippen LogP contribution is -2.28. The molecule has 5 nitrogen and oxygen atoms in total. The Kier molecular flexibility index (Phi) is 4.20. The van der Waals surface area contributed by atoms with Gasteiger partial charge in [-0.2, -0.15) is 0 Å². The summed E-state index contributed by atoms with van der Waals surface area (Å²) >= 11 is 0. The van der Waals surface area contributed by atoms with Gasteiger partial charge in [0.05, 0.1) is 6.54 Å². The fraction of sp³-hybridized carbons (Fsp3) is 0.500. The van der Waals surface area contributed by atoms with E-state index in [1.165, 1.54) is 12.1 Å². The van der Waals surface area contributed by atoms with Crippen molar-refractivity contribution in [1.29, 1.82) is 0 Å². The van der Waals surface area contributed by atoms with Crippen LogP contribution in [-0.2, 0) is 6.54 Å². The lowest BCUT2D eigenvalue weighted by Gasteiger charge is -2.21. The van der Waals surface area contributed by atoms with Crippen molar-refractivity contribution in [2.24, 2.45) is 5.92 Å². The van der Waals surface area contributed by atoms with E-state index in [-0.39, 0.29) is 0 Å². The first-order valence-corrected chi connectivity index (χ1v) is 7.48. The van der Waals surface area contributed by atoms with Gasteiger partial charge >= 0.3 is 0 Å². The van der Waals surface area contributed by atoms with Crippen LogP contribution in [-0.4, -0.2) is 41.8 Å². The molecule has 1 aliphatic rings. The molecule has 0 amide bonds. The van der Waals surface area contributed by atoms with Crippen LogP contribution >= 0.6 is 0 Å². The van der Waals surface area contributed by atoms with Gasteiger partial charge in [0.1, 0.15) is 0 Å². The van der Waals surface area contributed by atoms with E-state index in [4.69, 9.17) is 4.42 Å². The molecule has 1 aromatic heterocycles. The van der Waals surface area contributed by atoms with E-state index in [1.807, 2.05) is 6.92 Å². The van der Waals surface area contributed by atoms with Crippen LogP contribution in [0, 0.1) is 12.8 Å². The summed E-state index contributed by atoms with van der Waals surface area (Å²) in [5.41, 5.74) is 1.33. The zero-order valence-electron chi connectivity index (χ0n) is 12.7. The molecule has 21 heavy (non-hydrogen) atoms. The molecule has 0 N–H and O–H groups in total. The van der Waals surface area contributed by atoms with Crippen LogP contribution in [0.15, 0.2) is 34.7 Å². The predicted octanol–water partition coefficient (Wildman–Crippen LogP) is 2.34. The lowest BCUT2D eigenvalue weighted by atomic mass is 10.1. The maximum Gasteiger partial charge on any atom is 0.230 e. The number of hydrogen-bond acceptors (Lipinski definition) is 5. The minimum Gasteiger partial charge on any atom is -0.424 e. The van der Waals surface area contributed by atoms with Gasteiger partial charge in [0.25, 0.3) is 0 Å². The van der Waals surface area contributed by atoms with Gasteiger partial charge in [-0.05, 0) is 31.5 Å². The van der Waals surface area contributed by atoms with E-state index >= 15 is 0 Å². The Labute approximate surface area is 125 Å². The highest BCUT2D eigenvalue weighted by Gasteiger charge is 2.24. The van der Waals surface area contributed by atoms with Crippen LogP contribution in [0.4, 0.5) is 5.69 Å². The molecule has 0 unspecified atom stereocenters. The molecule has 1 saturated heterocycles. The number of para-hydroxylation sites is 1. The van der Waals surface area contributed by atoms with Crippen LogP contribution in [0.25, 0.3) is 0 Å². The van der Waals surface area contributed by atoms with Crippen molar-refractivity contribution < 1.29 is 4.42 Å². The van der Waals surface area contributed by atoms with Crippen molar-refractivity contribution in [3.8, 4) is 0 Å². The second kappa shape index (κ2) is 6.26. The lowest BCUT2D eigenvalue weighted by molar-refractivity contribution is 0.251. The van der Waals surface area contributed by atoms with Crippen LogP contribution in [0.3, 0.4) is 0 Å². The largest absolute Gasteiger partial charge is 0.424 e. The number of anilines is 1. The zero-order chi connectivity index (χ0) is 14.7. The first kappa shape index (κ1) is 14.1. The van der Waals surface area contributed by atoms with Gasteiger partial charge in [0.2, 0.25) is 11.8 Å². The molecule has 2 aromatic rings. The first-order chi connectivity index (χ1) is 10.2. The van der Waals surface area contributed by atoms with E-state index in [9.17, 15) is 0 Å². The van der Waals surface area contributed by atoms with Crippen LogP contribution in [0.2, 0.25) is 0 Å². The number of hydrogen-bond donors (Lipinski definition) is 0. The number of rotatable bonds is 5. The summed E-state index contributed by atoms with van der Waals surface area (Å²) in [5, 5.41) is 7.93. The SMILES string of the molecule is Cc1nnc(CN(C)C[C@H]2CCN(c3ccccc3)C2)o1. The van der Waals surface area contributed by atoms with Gasteiger partial charge in [-0.3, -0.25) is 4.90 Å². The molecule has 2 heterocycles. The average molecular weight is 286 g/mol. The molecule has 0 saturated carbocycles. The number of nitrogens with zero attached hydrogens (tertiary/aromatic N) is 4.